The van der Waals surface area contributed by atoms with E-state index in [1.165, 1.54) is 11.8 Å². The lowest BCUT2D eigenvalue weighted by molar-refractivity contribution is -0.283. The molecule has 44 heavy (non-hydrogen) atoms. The van der Waals surface area contributed by atoms with Crippen LogP contribution in [0.3, 0.4) is 0 Å². The van der Waals surface area contributed by atoms with E-state index in [0.717, 1.165) is 11.1 Å². The van der Waals surface area contributed by atoms with Gasteiger partial charge in [0, 0.05) is 25.1 Å². The summed E-state index contributed by atoms with van der Waals surface area (Å²) in [5, 5.41) is 4.39. The van der Waals surface area contributed by atoms with Gasteiger partial charge in [-0.15, -0.1) is 0 Å². The number of nitrogens with zero attached hydrogens (tertiary/aromatic N) is 1. The second-order valence-corrected chi connectivity index (χ2v) is 10.0. The number of rotatable bonds is 11. The molecule has 0 unspecified atom stereocenters. The summed E-state index contributed by atoms with van der Waals surface area (Å²) in [6.07, 6.45) is -10.4. The van der Waals surface area contributed by atoms with Crippen molar-refractivity contribution in [2.24, 2.45) is 0 Å². The Hall–Kier alpha value is -4.52. The molecule has 1 aliphatic rings. The molecule has 234 valence electrons. The summed E-state index contributed by atoms with van der Waals surface area (Å²) in [5.41, 5.74) is 3.48. The minimum atomic E-state index is -5.77. The summed E-state index contributed by atoms with van der Waals surface area (Å²) < 4.78 is 74.0. The number of benzene rings is 3. The predicted molar refractivity (Wildman–Crippen MR) is 151 cm³/mol. The Labute approximate surface area is 250 Å². The lowest BCUT2D eigenvalue weighted by Gasteiger charge is -2.27. The van der Waals surface area contributed by atoms with Gasteiger partial charge >= 0.3 is 18.2 Å². The van der Waals surface area contributed by atoms with Crippen molar-refractivity contribution in [3.63, 3.8) is 0 Å². The number of hydrogen-bond acceptors (Lipinski definition) is 5. The van der Waals surface area contributed by atoms with E-state index in [2.05, 4.69) is 5.32 Å². The van der Waals surface area contributed by atoms with Gasteiger partial charge in [-0.2, -0.15) is 22.0 Å². The van der Waals surface area contributed by atoms with Crippen molar-refractivity contribution in [1.82, 2.24) is 10.6 Å². The van der Waals surface area contributed by atoms with Gasteiger partial charge in [-0.1, -0.05) is 72.8 Å². The number of ether oxygens (including phenoxy) is 2. The monoisotopic (exact) mass is 619 g/mol. The number of fused-ring (bicyclic) bond motifs is 3. The fourth-order valence-electron chi connectivity index (χ4n) is 4.61. The van der Waals surface area contributed by atoms with Crippen molar-refractivity contribution in [3.05, 3.63) is 90.0 Å². The number of carbonyl (C=O) groups is 3. The molecule has 13 heteroatoms. The van der Waals surface area contributed by atoms with E-state index in [4.69, 9.17) is 9.47 Å². The maximum Gasteiger partial charge on any atom is 0.453 e. The second kappa shape index (κ2) is 13.8. The summed E-state index contributed by atoms with van der Waals surface area (Å²) in [6, 6.07) is 22.5. The molecule has 3 aromatic carbocycles. The van der Waals surface area contributed by atoms with Crippen molar-refractivity contribution in [2.75, 3.05) is 24.6 Å². The highest BCUT2D eigenvalue weighted by Crippen LogP contribution is 2.40. The summed E-state index contributed by atoms with van der Waals surface area (Å²) in [7, 11) is 0. The van der Waals surface area contributed by atoms with E-state index in [1.54, 1.807) is 41.7 Å². The Kier molecular flexibility index (Phi) is 10.2. The fourth-order valence-corrected chi connectivity index (χ4v) is 4.61. The zero-order chi connectivity index (χ0) is 31.9. The molecule has 3 aromatic rings. The molecule has 0 saturated carbocycles. The lowest BCUT2D eigenvalue weighted by atomic mass is 9.95. The number of alkyl halides is 5. The van der Waals surface area contributed by atoms with E-state index in [0.29, 0.717) is 23.4 Å². The van der Waals surface area contributed by atoms with Crippen molar-refractivity contribution in [1.29, 1.82) is 0 Å². The van der Waals surface area contributed by atoms with Crippen LogP contribution in [0.2, 0.25) is 0 Å². The van der Waals surface area contributed by atoms with Crippen LogP contribution in [0.4, 0.5) is 32.4 Å². The molecule has 0 aromatic heterocycles. The molecule has 8 nitrogen and oxygen atoms in total. The first-order valence-electron chi connectivity index (χ1n) is 13.7. The van der Waals surface area contributed by atoms with E-state index >= 15 is 0 Å². The van der Waals surface area contributed by atoms with Crippen LogP contribution >= 0.6 is 0 Å². The summed E-state index contributed by atoms with van der Waals surface area (Å²) in [6.45, 7) is 0.790. The number of hydrogen-bond donors (Lipinski definition) is 2. The van der Waals surface area contributed by atoms with Crippen molar-refractivity contribution < 1.29 is 45.8 Å². The van der Waals surface area contributed by atoms with Gasteiger partial charge in [0.15, 0.2) is 6.10 Å². The van der Waals surface area contributed by atoms with Crippen LogP contribution in [0.5, 0.6) is 0 Å². The first-order valence-corrected chi connectivity index (χ1v) is 13.7. The topological polar surface area (TPSA) is 97.0 Å². The van der Waals surface area contributed by atoms with Gasteiger partial charge in [0.25, 0.3) is 11.8 Å². The average molecular weight is 620 g/mol. The Morgan fingerprint density at radius 2 is 1.55 bits per heavy atom. The molecule has 2 N–H and O–H groups in total. The highest BCUT2D eigenvalue weighted by atomic mass is 19.4. The van der Waals surface area contributed by atoms with Crippen LogP contribution in [0.1, 0.15) is 30.5 Å². The normalized spacial score (nSPS) is 15.5. The Morgan fingerprint density at radius 3 is 2.25 bits per heavy atom. The minimum Gasteiger partial charge on any atom is -0.436 e. The Bertz CT molecular complexity index is 1470. The van der Waals surface area contributed by atoms with Gasteiger partial charge in [0.1, 0.15) is 6.04 Å². The molecule has 4 rings (SSSR count). The van der Waals surface area contributed by atoms with Crippen LogP contribution in [0.15, 0.2) is 78.9 Å². The van der Waals surface area contributed by atoms with Crippen LogP contribution in [-0.4, -0.2) is 55.8 Å². The van der Waals surface area contributed by atoms with Gasteiger partial charge in [-0.05, 0) is 29.7 Å². The number of carbonyl (C=O) groups excluding carboxylic acids is 3. The molecule has 0 saturated heterocycles. The number of para-hydroxylation sites is 1. The van der Waals surface area contributed by atoms with Gasteiger partial charge in [0.05, 0.1) is 18.9 Å². The molecular formula is C31H30F5N3O5. The molecule has 0 spiro atoms. The van der Waals surface area contributed by atoms with Crippen LogP contribution in [-0.2, 0) is 25.7 Å². The highest BCUT2D eigenvalue weighted by molar-refractivity contribution is 6.06. The Morgan fingerprint density at radius 1 is 0.909 bits per heavy atom. The van der Waals surface area contributed by atoms with Crippen LogP contribution < -0.4 is 15.5 Å². The van der Waals surface area contributed by atoms with Gasteiger partial charge < -0.3 is 25.0 Å². The Balaban J connectivity index is 1.46. The average Bonchev–Trinajstić information content (AvgIpc) is 3.08. The maximum absolute atomic E-state index is 14.0. The predicted octanol–water partition coefficient (Wildman–Crippen LogP) is 5.78. The number of anilines is 1. The number of amides is 3. The zero-order valence-corrected chi connectivity index (χ0v) is 23.6. The van der Waals surface area contributed by atoms with E-state index in [9.17, 15) is 36.3 Å². The molecule has 1 aliphatic heterocycles. The second-order valence-electron chi connectivity index (χ2n) is 10.0. The molecular weight excluding hydrogens is 589 g/mol. The first kappa shape index (κ1) is 32.4. The molecule has 0 fully saturated rings. The summed E-state index contributed by atoms with van der Waals surface area (Å²) in [4.78, 5) is 40.6. The molecule has 0 aliphatic carbocycles. The van der Waals surface area contributed by atoms with Crippen molar-refractivity contribution in [3.8, 4) is 11.1 Å². The van der Waals surface area contributed by atoms with E-state index < -0.39 is 55.1 Å². The van der Waals surface area contributed by atoms with Gasteiger partial charge in [-0.25, -0.2) is 4.79 Å². The SMILES string of the molecule is C[C@H](OC(=O)NCCC(F)(F)C(F)(F)F)C(=O)N[C@@H]1C(=O)N(CCOCc2ccccc2)c2ccccc2-c2ccccc21. The first-order chi connectivity index (χ1) is 20.9. The number of alkyl carbamates (subject to hydrolysis) is 1. The fraction of sp³-hybridized carbons (Fsp3) is 0.323. The lowest BCUT2D eigenvalue weighted by Crippen LogP contribution is -2.47. The zero-order valence-electron chi connectivity index (χ0n) is 23.6. The minimum absolute atomic E-state index is 0.153. The van der Waals surface area contributed by atoms with Gasteiger partial charge in [-0.3, -0.25) is 9.59 Å². The summed E-state index contributed by atoms with van der Waals surface area (Å²) >= 11 is 0. The third-order valence-corrected chi connectivity index (χ3v) is 6.90. The van der Waals surface area contributed by atoms with Gasteiger partial charge in [0.2, 0.25) is 0 Å². The third-order valence-electron chi connectivity index (χ3n) is 6.90. The maximum atomic E-state index is 14.0. The molecule has 2 atom stereocenters. The molecule has 1 heterocycles. The highest BCUT2D eigenvalue weighted by Gasteiger charge is 2.56. The largest absolute Gasteiger partial charge is 0.453 e. The van der Waals surface area contributed by atoms with Crippen molar-refractivity contribution in [2.45, 2.75) is 44.2 Å². The summed E-state index contributed by atoms with van der Waals surface area (Å²) in [5.74, 6) is -6.38. The molecule has 3 amide bonds. The smallest absolute Gasteiger partial charge is 0.436 e. The van der Waals surface area contributed by atoms with Crippen LogP contribution in [0.25, 0.3) is 11.1 Å². The quantitative estimate of drug-likeness (QED) is 0.210. The molecule has 0 bridgehead atoms. The molecule has 0 radical (unpaired) electrons. The standard InChI is InChI=1S/C31H30F5N3O5/c1-20(44-29(42)37-16-15-30(32,33)31(34,35)36)27(40)38-26-24-13-6-5-11-22(24)23-12-7-8-14-25(23)39(28(26)41)17-18-43-19-21-9-3-2-4-10-21/h2-14,20,26H,15-19H2,1H3,(H,37,42)(H,38,40)/t20-,26-/m0/s1. The van der Waals surface area contributed by atoms with Crippen molar-refractivity contribution >= 4 is 23.6 Å². The number of halogens is 5. The third kappa shape index (κ3) is 7.70. The van der Waals surface area contributed by atoms with E-state index in [-0.39, 0.29) is 13.2 Å². The van der Waals surface area contributed by atoms with Crippen LogP contribution in [0, 0.1) is 0 Å². The number of nitrogens with one attached hydrogen (secondary N) is 2. The van der Waals surface area contributed by atoms with E-state index in [1.807, 2.05) is 42.5 Å².